The van der Waals surface area contributed by atoms with Crippen molar-refractivity contribution in [3.05, 3.63) is 28.0 Å². The molecule has 0 saturated heterocycles. The van der Waals surface area contributed by atoms with Crippen molar-refractivity contribution in [2.45, 2.75) is 0 Å². The minimum absolute atomic E-state index is 0.310. The Kier molecular flexibility index (Phi) is 2.68. The third-order valence-corrected chi connectivity index (χ3v) is 1.58. The maximum atomic E-state index is 8.16. The second-order valence-corrected chi connectivity index (χ2v) is 2.57. The summed E-state index contributed by atoms with van der Waals surface area (Å²) in [4.78, 5) is 3.74. The number of hydrogen-bond donors (Lipinski definition) is 1. The zero-order valence-electron chi connectivity index (χ0n) is 5.33. The zero-order chi connectivity index (χ0) is 8.27. The number of aromatic nitrogens is 1. The van der Waals surface area contributed by atoms with Gasteiger partial charge in [0.25, 0.3) is 0 Å². The molecule has 0 aromatic carbocycles. The average molecular weight is 191 g/mol. The molecular formula is C6H4Cl2N2O. The lowest BCUT2D eigenvalue weighted by Crippen LogP contribution is -1.85. The van der Waals surface area contributed by atoms with Gasteiger partial charge in [-0.2, -0.15) is 0 Å². The highest BCUT2D eigenvalue weighted by Crippen LogP contribution is 2.16. The van der Waals surface area contributed by atoms with Gasteiger partial charge < -0.3 is 5.21 Å². The van der Waals surface area contributed by atoms with Crippen molar-refractivity contribution in [1.82, 2.24) is 4.98 Å². The molecule has 0 fully saturated rings. The number of nitrogens with zero attached hydrogens (tertiary/aromatic N) is 2. The van der Waals surface area contributed by atoms with Crippen molar-refractivity contribution < 1.29 is 5.21 Å². The molecule has 0 bridgehead atoms. The standard InChI is InChI=1S/C6H4Cl2N2O/c7-5-1-6(8)9-2-4(5)3-10-11/h1-3,11H/b10-3-. The second-order valence-electron chi connectivity index (χ2n) is 1.77. The van der Waals surface area contributed by atoms with Crippen LogP contribution in [0.1, 0.15) is 5.56 Å². The molecule has 1 aromatic heterocycles. The Bertz CT molecular complexity index is 288. The largest absolute Gasteiger partial charge is 0.411 e. The van der Waals surface area contributed by atoms with Crippen molar-refractivity contribution in [2.24, 2.45) is 5.16 Å². The van der Waals surface area contributed by atoms with Crippen LogP contribution in [0.25, 0.3) is 0 Å². The summed E-state index contributed by atoms with van der Waals surface area (Å²) in [6, 6.07) is 1.47. The first-order valence-electron chi connectivity index (χ1n) is 2.72. The summed E-state index contributed by atoms with van der Waals surface area (Å²) in [5.74, 6) is 0. The summed E-state index contributed by atoms with van der Waals surface area (Å²) < 4.78 is 0. The lowest BCUT2D eigenvalue weighted by atomic mass is 10.3. The van der Waals surface area contributed by atoms with Crippen LogP contribution in [-0.4, -0.2) is 16.4 Å². The fourth-order valence-electron chi connectivity index (χ4n) is 0.575. The molecule has 1 N–H and O–H groups in total. The molecule has 1 heterocycles. The normalized spacial score (nSPS) is 10.7. The first kappa shape index (κ1) is 8.30. The molecule has 0 radical (unpaired) electrons. The summed E-state index contributed by atoms with van der Waals surface area (Å²) in [6.45, 7) is 0. The highest BCUT2D eigenvalue weighted by molar-refractivity contribution is 6.35. The molecular weight excluding hydrogens is 187 g/mol. The maximum absolute atomic E-state index is 8.16. The molecule has 0 amide bonds. The van der Waals surface area contributed by atoms with E-state index in [4.69, 9.17) is 28.4 Å². The van der Waals surface area contributed by atoms with Gasteiger partial charge in [-0.3, -0.25) is 0 Å². The smallest absolute Gasteiger partial charge is 0.130 e. The van der Waals surface area contributed by atoms with Gasteiger partial charge in [0, 0.05) is 11.8 Å². The predicted octanol–water partition coefficient (Wildman–Crippen LogP) is 2.20. The lowest BCUT2D eigenvalue weighted by molar-refractivity contribution is 0.322. The molecule has 1 aromatic rings. The molecule has 0 aliphatic rings. The fraction of sp³-hybridized carbons (Fsp3) is 0. The van der Waals surface area contributed by atoms with Crippen LogP contribution in [0.15, 0.2) is 17.4 Å². The zero-order valence-corrected chi connectivity index (χ0v) is 6.84. The number of oxime groups is 1. The van der Waals surface area contributed by atoms with Crippen LogP contribution in [0.5, 0.6) is 0 Å². The van der Waals surface area contributed by atoms with E-state index in [1.54, 1.807) is 0 Å². The molecule has 0 aliphatic carbocycles. The van der Waals surface area contributed by atoms with E-state index in [-0.39, 0.29) is 0 Å². The van der Waals surface area contributed by atoms with E-state index in [0.717, 1.165) is 0 Å². The highest BCUT2D eigenvalue weighted by Gasteiger charge is 1.98. The third-order valence-electron chi connectivity index (χ3n) is 1.05. The van der Waals surface area contributed by atoms with Gasteiger partial charge in [-0.15, -0.1) is 0 Å². The summed E-state index contributed by atoms with van der Waals surface area (Å²) in [7, 11) is 0. The monoisotopic (exact) mass is 190 g/mol. The molecule has 58 valence electrons. The number of hydrogen-bond acceptors (Lipinski definition) is 3. The molecule has 0 saturated carbocycles. The Morgan fingerprint density at radius 1 is 1.55 bits per heavy atom. The molecule has 0 atom stereocenters. The molecule has 0 aliphatic heterocycles. The van der Waals surface area contributed by atoms with Crippen molar-refractivity contribution in [1.29, 1.82) is 0 Å². The third kappa shape index (κ3) is 2.06. The van der Waals surface area contributed by atoms with Gasteiger partial charge in [0.1, 0.15) is 5.15 Å². The Labute approximate surface area is 73.3 Å². The van der Waals surface area contributed by atoms with E-state index in [2.05, 4.69) is 10.1 Å². The minimum Gasteiger partial charge on any atom is -0.411 e. The van der Waals surface area contributed by atoms with E-state index in [1.807, 2.05) is 0 Å². The van der Waals surface area contributed by atoms with Gasteiger partial charge in [0.2, 0.25) is 0 Å². The Balaban J connectivity index is 3.09. The minimum atomic E-state index is 0.310. The molecule has 0 unspecified atom stereocenters. The fourth-order valence-corrected chi connectivity index (χ4v) is 0.990. The van der Waals surface area contributed by atoms with Gasteiger partial charge in [-0.05, 0) is 6.07 Å². The van der Waals surface area contributed by atoms with Gasteiger partial charge in [0.05, 0.1) is 11.2 Å². The first-order valence-corrected chi connectivity index (χ1v) is 3.48. The SMILES string of the molecule is O/N=C\c1cnc(Cl)cc1Cl. The Morgan fingerprint density at radius 3 is 2.82 bits per heavy atom. The summed E-state index contributed by atoms with van der Waals surface area (Å²) in [6.07, 6.45) is 2.61. The van der Waals surface area contributed by atoms with Crippen LogP contribution < -0.4 is 0 Å². The molecule has 11 heavy (non-hydrogen) atoms. The van der Waals surface area contributed by atoms with Crippen LogP contribution in [0.4, 0.5) is 0 Å². The first-order chi connectivity index (χ1) is 5.24. The van der Waals surface area contributed by atoms with Gasteiger partial charge >= 0.3 is 0 Å². The average Bonchev–Trinajstić information content (AvgIpc) is 1.95. The van der Waals surface area contributed by atoms with Gasteiger partial charge in [-0.1, -0.05) is 28.4 Å². The predicted molar refractivity (Wildman–Crippen MR) is 43.6 cm³/mol. The van der Waals surface area contributed by atoms with Crippen molar-refractivity contribution in [3.63, 3.8) is 0 Å². The molecule has 1 rings (SSSR count). The quantitative estimate of drug-likeness (QED) is 0.320. The number of halogens is 2. The van der Waals surface area contributed by atoms with E-state index in [1.165, 1.54) is 18.5 Å². The van der Waals surface area contributed by atoms with E-state index in [0.29, 0.717) is 15.7 Å². The Hall–Kier alpha value is -0.800. The van der Waals surface area contributed by atoms with Gasteiger partial charge in [0.15, 0.2) is 0 Å². The number of rotatable bonds is 1. The summed E-state index contributed by atoms with van der Waals surface area (Å²) >= 11 is 11.2. The van der Waals surface area contributed by atoms with Crippen molar-refractivity contribution in [2.75, 3.05) is 0 Å². The number of pyridine rings is 1. The summed E-state index contributed by atoms with van der Waals surface area (Å²) in [5, 5.41) is 11.7. The van der Waals surface area contributed by atoms with Crippen molar-refractivity contribution in [3.8, 4) is 0 Å². The van der Waals surface area contributed by atoms with E-state index >= 15 is 0 Å². The van der Waals surface area contributed by atoms with Crippen LogP contribution >= 0.6 is 23.2 Å². The van der Waals surface area contributed by atoms with Crippen LogP contribution in [0.2, 0.25) is 10.2 Å². The van der Waals surface area contributed by atoms with Crippen LogP contribution in [-0.2, 0) is 0 Å². The highest BCUT2D eigenvalue weighted by atomic mass is 35.5. The van der Waals surface area contributed by atoms with Crippen LogP contribution in [0.3, 0.4) is 0 Å². The topological polar surface area (TPSA) is 45.5 Å². The Morgan fingerprint density at radius 2 is 2.27 bits per heavy atom. The van der Waals surface area contributed by atoms with Crippen molar-refractivity contribution >= 4 is 29.4 Å². The van der Waals surface area contributed by atoms with Gasteiger partial charge in [-0.25, -0.2) is 4.98 Å². The lowest BCUT2D eigenvalue weighted by Gasteiger charge is -1.94. The summed E-state index contributed by atoms with van der Waals surface area (Å²) in [5.41, 5.74) is 0.526. The molecule has 5 heteroatoms. The van der Waals surface area contributed by atoms with Crippen LogP contribution in [0, 0.1) is 0 Å². The van der Waals surface area contributed by atoms with E-state index in [9.17, 15) is 0 Å². The molecule has 3 nitrogen and oxygen atoms in total. The second kappa shape index (κ2) is 3.55. The maximum Gasteiger partial charge on any atom is 0.130 e. The van der Waals surface area contributed by atoms with E-state index < -0.39 is 0 Å². The molecule has 0 spiro atoms.